The van der Waals surface area contributed by atoms with Gasteiger partial charge in [-0.1, -0.05) is 26.0 Å². The highest BCUT2D eigenvalue weighted by molar-refractivity contribution is 14.1. The number of nitrogens with zero attached hydrogens (tertiary/aromatic N) is 1. The van der Waals surface area contributed by atoms with Crippen LogP contribution >= 0.6 is 22.6 Å². The smallest absolute Gasteiger partial charge is 0.0608 e. The van der Waals surface area contributed by atoms with Crippen LogP contribution in [0.15, 0.2) is 41.5 Å². The maximum absolute atomic E-state index is 4.86. The highest BCUT2D eigenvalue weighted by atomic mass is 127. The zero-order valence-electron chi connectivity index (χ0n) is 12.8. The van der Waals surface area contributed by atoms with Crippen molar-refractivity contribution in [1.82, 2.24) is 4.98 Å². The molecule has 0 saturated carbocycles. The lowest BCUT2D eigenvalue weighted by atomic mass is 9.80. The van der Waals surface area contributed by atoms with E-state index in [1.807, 2.05) is 6.20 Å². The Labute approximate surface area is 140 Å². The Morgan fingerprint density at radius 1 is 1.24 bits per heavy atom. The van der Waals surface area contributed by atoms with Gasteiger partial charge in [0.25, 0.3) is 0 Å². The van der Waals surface area contributed by atoms with Crippen molar-refractivity contribution in [3.63, 3.8) is 0 Å². The van der Waals surface area contributed by atoms with Crippen LogP contribution < -0.4 is 0 Å². The summed E-state index contributed by atoms with van der Waals surface area (Å²) in [5, 5.41) is 0. The fraction of sp³-hybridized carbons (Fsp3) is 0.389. The second-order valence-corrected chi connectivity index (χ2v) is 7.87. The molecule has 1 N–H and O–H groups in total. The summed E-state index contributed by atoms with van der Waals surface area (Å²) in [7, 11) is 0. The third kappa shape index (κ3) is 3.07. The van der Waals surface area contributed by atoms with Crippen molar-refractivity contribution in [2.75, 3.05) is 0 Å². The molecule has 0 aliphatic carbocycles. The van der Waals surface area contributed by atoms with E-state index >= 15 is 0 Å². The molecule has 1 aromatic heterocycles. The number of aliphatic imine (C=N–C) groups is 1. The minimum absolute atomic E-state index is 0.262. The first-order chi connectivity index (χ1) is 9.95. The monoisotopic (exact) mass is 392 g/mol. The van der Waals surface area contributed by atoms with Crippen molar-refractivity contribution in [3.05, 3.63) is 45.8 Å². The van der Waals surface area contributed by atoms with E-state index in [1.54, 1.807) is 0 Å². The number of nitrogens with one attached hydrogen (secondary N) is 1. The van der Waals surface area contributed by atoms with E-state index in [4.69, 9.17) is 4.99 Å². The fourth-order valence-electron chi connectivity index (χ4n) is 3.25. The summed E-state index contributed by atoms with van der Waals surface area (Å²) in [6.45, 7) is 6.80. The largest absolute Gasteiger partial charge is 0.364 e. The molecule has 110 valence electrons. The van der Waals surface area contributed by atoms with E-state index in [0.717, 1.165) is 12.8 Å². The molecular weight excluding hydrogens is 371 g/mol. The van der Waals surface area contributed by atoms with Crippen LogP contribution in [0.5, 0.6) is 0 Å². The van der Waals surface area contributed by atoms with Crippen molar-refractivity contribution in [2.24, 2.45) is 10.4 Å². The zero-order valence-corrected chi connectivity index (χ0v) is 14.9. The van der Waals surface area contributed by atoms with Crippen molar-refractivity contribution in [2.45, 2.75) is 39.7 Å². The third-order valence-electron chi connectivity index (χ3n) is 4.38. The van der Waals surface area contributed by atoms with Crippen LogP contribution in [0.4, 0.5) is 0 Å². The van der Waals surface area contributed by atoms with Crippen LogP contribution in [-0.2, 0) is 6.42 Å². The second kappa shape index (κ2) is 5.59. The number of aromatic nitrogens is 1. The molecule has 0 amide bonds. The Balaban J connectivity index is 1.88. The first-order valence-electron chi connectivity index (χ1n) is 7.41. The number of aromatic amines is 1. The maximum atomic E-state index is 4.86. The standard InChI is InChI=1S/C18H21IN2/c1-12-11-18(2,3)17(21-12)10-16-15(8-9-20-16)13-4-6-14(19)7-5-13/h4-9,17,20H,10-11H2,1-3H3. The van der Waals surface area contributed by atoms with E-state index in [2.05, 4.69) is 78.7 Å². The van der Waals surface area contributed by atoms with Gasteiger partial charge in [0, 0.05) is 33.2 Å². The van der Waals surface area contributed by atoms with E-state index in [9.17, 15) is 0 Å². The molecule has 0 bridgehead atoms. The van der Waals surface area contributed by atoms with Gasteiger partial charge in [-0.2, -0.15) is 0 Å². The first-order valence-corrected chi connectivity index (χ1v) is 8.49. The maximum Gasteiger partial charge on any atom is 0.0608 e. The molecule has 0 fully saturated rings. The van der Waals surface area contributed by atoms with Crippen molar-refractivity contribution in [3.8, 4) is 11.1 Å². The van der Waals surface area contributed by atoms with Gasteiger partial charge in [-0.15, -0.1) is 0 Å². The summed E-state index contributed by atoms with van der Waals surface area (Å²) in [4.78, 5) is 8.29. The van der Waals surface area contributed by atoms with Gasteiger partial charge in [0.05, 0.1) is 6.04 Å². The van der Waals surface area contributed by atoms with Gasteiger partial charge >= 0.3 is 0 Å². The SMILES string of the molecule is CC1=NC(Cc2[nH]ccc2-c2ccc(I)cc2)C(C)(C)C1. The van der Waals surface area contributed by atoms with Crippen LogP contribution in [0.2, 0.25) is 0 Å². The average Bonchev–Trinajstić information content (AvgIpc) is 2.95. The molecule has 1 aromatic carbocycles. The Bertz CT molecular complexity index is 665. The van der Waals surface area contributed by atoms with Crippen molar-refractivity contribution < 1.29 is 0 Å². The summed E-state index contributed by atoms with van der Waals surface area (Å²) in [6.07, 6.45) is 4.14. The topological polar surface area (TPSA) is 28.1 Å². The first kappa shape index (κ1) is 14.8. The number of H-pyrrole nitrogens is 1. The summed E-state index contributed by atoms with van der Waals surface area (Å²) < 4.78 is 1.27. The van der Waals surface area contributed by atoms with Gasteiger partial charge in [-0.3, -0.25) is 4.99 Å². The van der Waals surface area contributed by atoms with Gasteiger partial charge in [0.15, 0.2) is 0 Å². The molecule has 0 radical (unpaired) electrons. The number of benzene rings is 1. The third-order valence-corrected chi connectivity index (χ3v) is 5.09. The molecule has 0 spiro atoms. The van der Waals surface area contributed by atoms with E-state index in [-0.39, 0.29) is 5.41 Å². The summed E-state index contributed by atoms with van der Waals surface area (Å²) in [6, 6.07) is 11.3. The molecule has 1 aliphatic heterocycles. The summed E-state index contributed by atoms with van der Waals surface area (Å²) in [5.74, 6) is 0. The number of hydrogen-bond donors (Lipinski definition) is 1. The second-order valence-electron chi connectivity index (χ2n) is 6.63. The number of hydrogen-bond acceptors (Lipinski definition) is 1. The van der Waals surface area contributed by atoms with E-state index in [0.29, 0.717) is 6.04 Å². The van der Waals surface area contributed by atoms with Gasteiger partial charge in [0.1, 0.15) is 0 Å². The van der Waals surface area contributed by atoms with Crippen molar-refractivity contribution >= 4 is 28.3 Å². The lowest BCUT2D eigenvalue weighted by Crippen LogP contribution is -2.26. The van der Waals surface area contributed by atoms with E-state index < -0.39 is 0 Å². The average molecular weight is 392 g/mol. The van der Waals surface area contributed by atoms with Gasteiger partial charge < -0.3 is 4.98 Å². The highest BCUT2D eigenvalue weighted by Crippen LogP contribution is 2.37. The normalized spacial score (nSPS) is 20.6. The number of rotatable bonds is 3. The highest BCUT2D eigenvalue weighted by Gasteiger charge is 2.35. The Morgan fingerprint density at radius 2 is 1.95 bits per heavy atom. The lowest BCUT2D eigenvalue weighted by molar-refractivity contribution is 0.321. The van der Waals surface area contributed by atoms with Crippen LogP contribution in [0, 0.1) is 8.99 Å². The summed E-state index contributed by atoms with van der Waals surface area (Å²) >= 11 is 2.34. The quantitative estimate of drug-likeness (QED) is 0.705. The molecule has 3 rings (SSSR count). The van der Waals surface area contributed by atoms with Gasteiger partial charge in [-0.05, 0) is 65.1 Å². The molecule has 3 heteroatoms. The molecule has 1 atom stereocenters. The van der Waals surface area contributed by atoms with E-state index in [1.165, 1.54) is 26.1 Å². The predicted octanol–water partition coefficient (Wildman–Crippen LogP) is 5.09. The Hall–Kier alpha value is -1.10. The lowest BCUT2D eigenvalue weighted by Gasteiger charge is -2.25. The van der Waals surface area contributed by atoms with Crippen LogP contribution in [0.25, 0.3) is 11.1 Å². The Kier molecular flexibility index (Phi) is 3.95. The van der Waals surface area contributed by atoms with Crippen LogP contribution in [0.3, 0.4) is 0 Å². The van der Waals surface area contributed by atoms with Gasteiger partial charge in [-0.25, -0.2) is 0 Å². The predicted molar refractivity (Wildman–Crippen MR) is 97.9 cm³/mol. The van der Waals surface area contributed by atoms with Crippen molar-refractivity contribution in [1.29, 1.82) is 0 Å². The molecule has 1 aliphatic rings. The molecule has 2 aromatic rings. The molecule has 0 saturated heterocycles. The molecular formula is C18H21IN2. The Morgan fingerprint density at radius 3 is 2.57 bits per heavy atom. The zero-order chi connectivity index (χ0) is 15.0. The van der Waals surface area contributed by atoms with Gasteiger partial charge in [0.2, 0.25) is 0 Å². The molecule has 1 unspecified atom stereocenters. The summed E-state index contributed by atoms with van der Waals surface area (Å²) in [5.41, 5.74) is 5.43. The molecule has 21 heavy (non-hydrogen) atoms. The van der Waals surface area contributed by atoms with Crippen LogP contribution in [-0.4, -0.2) is 16.7 Å². The molecule has 2 nitrogen and oxygen atoms in total. The number of halogens is 1. The molecule has 2 heterocycles. The minimum Gasteiger partial charge on any atom is -0.364 e. The minimum atomic E-state index is 0.262. The fourth-order valence-corrected chi connectivity index (χ4v) is 3.61. The van der Waals surface area contributed by atoms with Crippen LogP contribution in [0.1, 0.15) is 32.9 Å².